The van der Waals surface area contributed by atoms with Gasteiger partial charge in [0.15, 0.2) is 6.10 Å². The van der Waals surface area contributed by atoms with E-state index in [0.717, 1.165) is 16.4 Å². The molecular formula is C23H27N3O5S. The molecule has 0 saturated carbocycles. The first-order chi connectivity index (χ1) is 15.5. The largest absolute Gasteiger partial charge is 0.508 e. The van der Waals surface area contributed by atoms with Crippen LogP contribution < -0.4 is 10.6 Å². The number of para-hydroxylation sites is 1. The molecule has 2 aromatic rings. The van der Waals surface area contributed by atoms with E-state index in [2.05, 4.69) is 15.8 Å². The third-order valence-electron chi connectivity index (χ3n) is 4.76. The Balaban J connectivity index is 1.57. The second-order valence-electron chi connectivity index (χ2n) is 7.19. The number of nitrogens with one attached hydrogen (secondary N) is 2. The predicted molar refractivity (Wildman–Crippen MR) is 123 cm³/mol. The van der Waals surface area contributed by atoms with Crippen LogP contribution in [0.25, 0.3) is 0 Å². The van der Waals surface area contributed by atoms with Gasteiger partial charge in [0.05, 0.1) is 6.54 Å². The molecule has 1 heterocycles. The minimum absolute atomic E-state index is 0.0542. The van der Waals surface area contributed by atoms with Crippen LogP contribution in [-0.4, -0.2) is 46.6 Å². The summed E-state index contributed by atoms with van der Waals surface area (Å²) in [4.78, 5) is 30.6. The average Bonchev–Trinajstić information content (AvgIpc) is 3.25. The molecule has 0 radical (unpaired) electrons. The maximum Gasteiger partial charge on any atom is 0.408 e. The molecule has 1 aliphatic rings. The van der Waals surface area contributed by atoms with E-state index >= 15 is 0 Å². The van der Waals surface area contributed by atoms with Crippen molar-refractivity contribution in [1.29, 1.82) is 0 Å². The summed E-state index contributed by atoms with van der Waals surface area (Å²) in [5, 5.41) is 20.4. The Kier molecular flexibility index (Phi) is 8.79. The van der Waals surface area contributed by atoms with Crippen LogP contribution in [0, 0.1) is 0 Å². The Bertz CT molecular complexity index is 938. The van der Waals surface area contributed by atoms with Gasteiger partial charge in [0.2, 0.25) is 5.91 Å². The summed E-state index contributed by atoms with van der Waals surface area (Å²) < 4.78 is 5.26. The number of aromatic hydroxyl groups is 1. The van der Waals surface area contributed by atoms with E-state index < -0.39 is 18.0 Å². The lowest BCUT2D eigenvalue weighted by Gasteiger charge is -2.20. The maximum absolute atomic E-state index is 12.9. The van der Waals surface area contributed by atoms with Crippen molar-refractivity contribution in [3.8, 4) is 5.75 Å². The molecule has 0 aliphatic carbocycles. The number of benzene rings is 2. The fourth-order valence-electron chi connectivity index (χ4n) is 3.12. The van der Waals surface area contributed by atoms with Crippen LogP contribution in [0.3, 0.4) is 0 Å². The Morgan fingerprint density at radius 3 is 2.72 bits per heavy atom. The number of hydrogen-bond acceptors (Lipinski definition) is 7. The van der Waals surface area contributed by atoms with E-state index in [0.29, 0.717) is 12.0 Å². The van der Waals surface area contributed by atoms with E-state index in [4.69, 9.17) is 9.57 Å². The number of hydrogen-bond donors (Lipinski definition) is 3. The molecule has 170 valence electrons. The molecule has 0 bridgehead atoms. The lowest BCUT2D eigenvalue weighted by molar-refractivity contribution is -0.123. The molecule has 0 saturated heterocycles. The van der Waals surface area contributed by atoms with Gasteiger partial charge in [-0.3, -0.25) is 4.79 Å². The standard InChI is InChI=1S/C23H27N3O5S/c1-2-32-21-13-18(31-26-21)14-24-22(28)19(12-17-10-6-7-11-20(17)27)25-23(29)30-15-16-8-4-3-5-9-16/h3-11,18-19,27H,2,12-15H2,1H3,(H,24,28)(H,25,29)/t18?,19-/m0/s1. The molecule has 1 aliphatic heterocycles. The van der Waals surface area contributed by atoms with Crippen molar-refractivity contribution in [3.63, 3.8) is 0 Å². The number of oxime groups is 1. The molecular weight excluding hydrogens is 430 g/mol. The summed E-state index contributed by atoms with van der Waals surface area (Å²) in [6, 6.07) is 15.0. The minimum Gasteiger partial charge on any atom is -0.508 e. The van der Waals surface area contributed by atoms with Gasteiger partial charge >= 0.3 is 6.09 Å². The summed E-state index contributed by atoms with van der Waals surface area (Å²) in [7, 11) is 0. The summed E-state index contributed by atoms with van der Waals surface area (Å²) in [5.74, 6) is 0.558. The Labute approximate surface area is 191 Å². The monoisotopic (exact) mass is 457 g/mol. The number of nitrogens with zero attached hydrogens (tertiary/aromatic N) is 1. The van der Waals surface area contributed by atoms with Gasteiger partial charge in [0.25, 0.3) is 0 Å². The fraction of sp³-hybridized carbons (Fsp3) is 0.348. The van der Waals surface area contributed by atoms with Crippen molar-refractivity contribution >= 4 is 28.8 Å². The summed E-state index contributed by atoms with van der Waals surface area (Å²) in [5.41, 5.74) is 1.38. The molecule has 0 aromatic heterocycles. The van der Waals surface area contributed by atoms with Crippen molar-refractivity contribution in [2.45, 2.75) is 38.5 Å². The first-order valence-corrected chi connectivity index (χ1v) is 11.4. The molecule has 32 heavy (non-hydrogen) atoms. The summed E-state index contributed by atoms with van der Waals surface area (Å²) >= 11 is 1.61. The van der Waals surface area contributed by atoms with E-state index in [1.165, 1.54) is 6.07 Å². The van der Waals surface area contributed by atoms with Crippen molar-refractivity contribution in [3.05, 3.63) is 65.7 Å². The van der Waals surface area contributed by atoms with E-state index in [9.17, 15) is 14.7 Å². The number of amides is 2. The Morgan fingerprint density at radius 2 is 1.97 bits per heavy atom. The minimum atomic E-state index is -0.932. The van der Waals surface area contributed by atoms with Crippen molar-refractivity contribution in [2.75, 3.05) is 12.3 Å². The number of ether oxygens (including phenoxy) is 1. The van der Waals surface area contributed by atoms with E-state index in [1.807, 2.05) is 37.3 Å². The maximum atomic E-state index is 12.9. The van der Waals surface area contributed by atoms with Crippen molar-refractivity contribution in [1.82, 2.24) is 10.6 Å². The predicted octanol–water partition coefficient (Wildman–Crippen LogP) is 3.20. The number of thioether (sulfide) groups is 1. The lowest BCUT2D eigenvalue weighted by Crippen LogP contribution is -2.49. The molecule has 0 fully saturated rings. The molecule has 2 aromatic carbocycles. The molecule has 8 nitrogen and oxygen atoms in total. The molecule has 2 atom stereocenters. The SMILES string of the molecule is CCSC1=NOC(CNC(=O)[C@H](Cc2ccccc2O)NC(=O)OCc2ccccc2)C1. The summed E-state index contributed by atoms with van der Waals surface area (Å²) in [6.45, 7) is 2.38. The first kappa shape index (κ1) is 23.5. The molecule has 9 heteroatoms. The number of phenolic OH excluding ortho intramolecular Hbond substituents is 1. The van der Waals surface area contributed by atoms with Crippen LogP contribution in [0.15, 0.2) is 59.8 Å². The van der Waals surface area contributed by atoms with Crippen LogP contribution in [0.4, 0.5) is 4.79 Å². The topological polar surface area (TPSA) is 109 Å². The van der Waals surface area contributed by atoms with Gasteiger partial charge in [-0.25, -0.2) is 4.79 Å². The highest BCUT2D eigenvalue weighted by Crippen LogP contribution is 2.19. The number of rotatable bonds is 9. The smallest absolute Gasteiger partial charge is 0.408 e. The van der Waals surface area contributed by atoms with Crippen molar-refractivity contribution in [2.24, 2.45) is 5.16 Å². The zero-order valence-electron chi connectivity index (χ0n) is 17.8. The van der Waals surface area contributed by atoms with Gasteiger partial charge in [0.1, 0.15) is 23.4 Å². The molecule has 2 amide bonds. The van der Waals surface area contributed by atoms with Crippen LogP contribution in [0.5, 0.6) is 5.75 Å². The van der Waals surface area contributed by atoms with Crippen LogP contribution in [0.1, 0.15) is 24.5 Å². The molecule has 0 spiro atoms. The van der Waals surface area contributed by atoms with Gasteiger partial charge in [0, 0.05) is 12.8 Å². The zero-order valence-corrected chi connectivity index (χ0v) is 18.6. The zero-order chi connectivity index (χ0) is 22.8. The second-order valence-corrected chi connectivity index (χ2v) is 8.52. The fourth-order valence-corrected chi connectivity index (χ4v) is 3.85. The number of carbonyl (C=O) groups excluding carboxylic acids is 2. The molecule has 3 N–H and O–H groups in total. The highest BCUT2D eigenvalue weighted by Gasteiger charge is 2.26. The van der Waals surface area contributed by atoms with Crippen LogP contribution >= 0.6 is 11.8 Å². The summed E-state index contributed by atoms with van der Waals surface area (Å²) in [6.07, 6.45) is -0.219. The van der Waals surface area contributed by atoms with Gasteiger partial charge in [-0.05, 0) is 22.9 Å². The molecule has 1 unspecified atom stereocenters. The van der Waals surface area contributed by atoms with Gasteiger partial charge in [-0.15, -0.1) is 11.8 Å². The van der Waals surface area contributed by atoms with Crippen molar-refractivity contribution < 1.29 is 24.3 Å². The number of phenols is 1. The van der Waals surface area contributed by atoms with E-state index in [-0.39, 0.29) is 31.4 Å². The highest BCUT2D eigenvalue weighted by molar-refractivity contribution is 8.13. The number of carbonyl (C=O) groups is 2. The van der Waals surface area contributed by atoms with Gasteiger partial charge in [-0.1, -0.05) is 60.6 Å². The average molecular weight is 458 g/mol. The normalized spacial score (nSPS) is 15.9. The highest BCUT2D eigenvalue weighted by atomic mass is 32.2. The molecule has 3 rings (SSSR count). The Hall–Kier alpha value is -3.20. The lowest BCUT2D eigenvalue weighted by atomic mass is 10.0. The second kappa shape index (κ2) is 12.0. The first-order valence-electron chi connectivity index (χ1n) is 10.4. The van der Waals surface area contributed by atoms with Crippen LogP contribution in [-0.2, 0) is 27.4 Å². The number of alkyl carbamates (subject to hydrolysis) is 1. The Morgan fingerprint density at radius 1 is 1.22 bits per heavy atom. The quantitative estimate of drug-likeness (QED) is 0.534. The van der Waals surface area contributed by atoms with Gasteiger partial charge < -0.3 is 25.3 Å². The third-order valence-corrected chi connectivity index (χ3v) is 5.62. The van der Waals surface area contributed by atoms with E-state index in [1.54, 1.807) is 30.0 Å². The van der Waals surface area contributed by atoms with Crippen LogP contribution in [0.2, 0.25) is 0 Å². The third kappa shape index (κ3) is 7.19. The van der Waals surface area contributed by atoms with Gasteiger partial charge in [-0.2, -0.15) is 0 Å².